The van der Waals surface area contributed by atoms with Gasteiger partial charge in [0.1, 0.15) is 5.82 Å². The fourth-order valence-corrected chi connectivity index (χ4v) is 5.07. The third-order valence-electron chi connectivity index (χ3n) is 7.27. The van der Waals surface area contributed by atoms with E-state index in [1.165, 1.54) is 19.1 Å². The Bertz CT molecular complexity index is 1120. The summed E-state index contributed by atoms with van der Waals surface area (Å²) in [6.45, 7) is 3.50. The minimum atomic E-state index is -4.99. The minimum absolute atomic E-state index is 0.0296. The van der Waals surface area contributed by atoms with E-state index in [1.54, 1.807) is 24.1 Å². The standard InChI is InChI=1S/C27H29F7N2O3/c1-16(19-11-20(26(29,30)31)13-21(12-19)27(32,33)34)39-25-24(17-3-5-22(28)6-4-17)18(7-10-38-25)14-36-9-8-35(2)23(37)15-36/h3-6,11-13,16,18,24-25H,7-10,14-15H2,1-2H3. The van der Waals surface area contributed by atoms with Crippen molar-refractivity contribution in [3.05, 3.63) is 70.5 Å². The summed E-state index contributed by atoms with van der Waals surface area (Å²) in [5, 5.41) is 0. The fraction of sp³-hybridized carbons (Fsp3) is 0.519. The first-order valence-electron chi connectivity index (χ1n) is 12.5. The number of likely N-dealkylation sites (N-methyl/N-ethyl adjacent to an activating group) is 1. The Labute approximate surface area is 221 Å². The van der Waals surface area contributed by atoms with Crippen molar-refractivity contribution in [3.8, 4) is 0 Å². The molecule has 4 atom stereocenters. The van der Waals surface area contributed by atoms with Gasteiger partial charge in [-0.3, -0.25) is 9.69 Å². The zero-order valence-electron chi connectivity index (χ0n) is 21.4. The summed E-state index contributed by atoms with van der Waals surface area (Å²) >= 11 is 0. The molecule has 4 rings (SSSR count). The van der Waals surface area contributed by atoms with Crippen LogP contribution in [0, 0.1) is 11.7 Å². The van der Waals surface area contributed by atoms with Crippen LogP contribution in [-0.2, 0) is 26.6 Å². The number of piperazine rings is 1. The topological polar surface area (TPSA) is 42.0 Å². The Hall–Kier alpha value is -2.70. The van der Waals surface area contributed by atoms with Gasteiger partial charge in [-0.25, -0.2) is 4.39 Å². The number of benzene rings is 2. The lowest BCUT2D eigenvalue weighted by Crippen LogP contribution is -2.51. The van der Waals surface area contributed by atoms with Crippen molar-refractivity contribution in [2.45, 2.75) is 44.0 Å². The van der Waals surface area contributed by atoms with Gasteiger partial charge in [0, 0.05) is 32.6 Å². The normalized spacial score (nSPS) is 24.2. The van der Waals surface area contributed by atoms with E-state index in [0.717, 1.165) is 0 Å². The van der Waals surface area contributed by atoms with E-state index in [-0.39, 0.29) is 36.6 Å². The smallest absolute Gasteiger partial charge is 0.352 e. The molecule has 0 saturated carbocycles. The van der Waals surface area contributed by atoms with Crippen LogP contribution in [0.1, 0.15) is 47.6 Å². The molecule has 2 aliphatic heterocycles. The predicted octanol–water partition coefficient (Wildman–Crippen LogP) is 5.86. The van der Waals surface area contributed by atoms with Crippen LogP contribution in [0.2, 0.25) is 0 Å². The maximum atomic E-state index is 13.7. The quantitative estimate of drug-likeness (QED) is 0.414. The minimum Gasteiger partial charge on any atom is -0.352 e. The number of nitrogens with zero attached hydrogens (tertiary/aromatic N) is 2. The molecule has 0 radical (unpaired) electrons. The number of hydrogen-bond acceptors (Lipinski definition) is 4. The van der Waals surface area contributed by atoms with Gasteiger partial charge in [0.15, 0.2) is 6.29 Å². The number of carbonyl (C=O) groups is 1. The summed E-state index contributed by atoms with van der Waals surface area (Å²) in [6, 6.07) is 7.01. The number of rotatable bonds is 6. The third-order valence-corrected chi connectivity index (χ3v) is 7.27. The van der Waals surface area contributed by atoms with Gasteiger partial charge >= 0.3 is 12.4 Å². The summed E-state index contributed by atoms with van der Waals surface area (Å²) in [6.07, 6.45) is -11.6. The van der Waals surface area contributed by atoms with Crippen LogP contribution in [0.3, 0.4) is 0 Å². The van der Waals surface area contributed by atoms with E-state index < -0.39 is 47.6 Å². The summed E-state index contributed by atoms with van der Waals surface area (Å²) in [5.41, 5.74) is -2.51. The van der Waals surface area contributed by atoms with Crippen molar-refractivity contribution in [1.82, 2.24) is 9.80 Å². The first-order chi connectivity index (χ1) is 18.2. The second kappa shape index (κ2) is 11.4. The molecular weight excluding hydrogens is 533 g/mol. The van der Waals surface area contributed by atoms with Gasteiger partial charge < -0.3 is 14.4 Å². The average molecular weight is 563 g/mol. The Morgan fingerprint density at radius 2 is 1.62 bits per heavy atom. The van der Waals surface area contributed by atoms with E-state index in [9.17, 15) is 35.5 Å². The van der Waals surface area contributed by atoms with Gasteiger partial charge in [0.05, 0.1) is 30.4 Å². The Morgan fingerprint density at radius 1 is 1.00 bits per heavy atom. The first kappa shape index (κ1) is 29.3. The van der Waals surface area contributed by atoms with Crippen molar-refractivity contribution in [2.75, 3.05) is 39.8 Å². The predicted molar refractivity (Wildman–Crippen MR) is 127 cm³/mol. The molecule has 0 N–H and O–H groups in total. The summed E-state index contributed by atoms with van der Waals surface area (Å²) < 4.78 is 106. The van der Waals surface area contributed by atoms with Gasteiger partial charge in [-0.1, -0.05) is 12.1 Å². The molecule has 0 aromatic heterocycles. The average Bonchev–Trinajstić information content (AvgIpc) is 2.86. The molecule has 0 spiro atoms. The molecule has 2 saturated heterocycles. The fourth-order valence-electron chi connectivity index (χ4n) is 5.07. The largest absolute Gasteiger partial charge is 0.416 e. The molecule has 39 heavy (non-hydrogen) atoms. The Kier molecular flexibility index (Phi) is 8.58. The molecule has 2 heterocycles. The second-order valence-corrected chi connectivity index (χ2v) is 10.0. The molecular formula is C27H29F7N2O3. The van der Waals surface area contributed by atoms with Crippen molar-refractivity contribution < 1.29 is 45.0 Å². The number of halogens is 7. The number of amides is 1. The van der Waals surface area contributed by atoms with Crippen LogP contribution in [0.25, 0.3) is 0 Å². The summed E-state index contributed by atoms with van der Waals surface area (Å²) in [4.78, 5) is 15.9. The maximum absolute atomic E-state index is 13.7. The molecule has 2 aliphatic rings. The Morgan fingerprint density at radius 3 is 2.18 bits per heavy atom. The highest BCUT2D eigenvalue weighted by molar-refractivity contribution is 5.78. The molecule has 1 amide bonds. The molecule has 5 nitrogen and oxygen atoms in total. The van der Waals surface area contributed by atoms with Crippen molar-refractivity contribution in [3.63, 3.8) is 0 Å². The number of alkyl halides is 6. The number of carbonyl (C=O) groups excluding carboxylic acids is 1. The van der Waals surface area contributed by atoms with Gasteiger partial charge in [-0.2, -0.15) is 26.3 Å². The van der Waals surface area contributed by atoms with Crippen LogP contribution >= 0.6 is 0 Å². The van der Waals surface area contributed by atoms with Gasteiger partial charge in [-0.05, 0) is 60.7 Å². The van der Waals surface area contributed by atoms with Gasteiger partial charge in [-0.15, -0.1) is 0 Å². The van der Waals surface area contributed by atoms with E-state index in [4.69, 9.17) is 9.47 Å². The first-order valence-corrected chi connectivity index (χ1v) is 12.5. The monoisotopic (exact) mass is 562 g/mol. The van der Waals surface area contributed by atoms with Gasteiger partial charge in [0.2, 0.25) is 5.91 Å². The van der Waals surface area contributed by atoms with Crippen LogP contribution in [0.4, 0.5) is 30.7 Å². The Balaban J connectivity index is 1.62. The molecule has 0 aliphatic carbocycles. The number of ether oxygens (including phenoxy) is 2. The third kappa shape index (κ3) is 7.09. The van der Waals surface area contributed by atoms with E-state index in [2.05, 4.69) is 0 Å². The lowest BCUT2D eigenvalue weighted by Gasteiger charge is -2.42. The van der Waals surface area contributed by atoms with Crippen LogP contribution in [0.15, 0.2) is 42.5 Å². The second-order valence-electron chi connectivity index (χ2n) is 10.0. The summed E-state index contributed by atoms with van der Waals surface area (Å²) in [7, 11) is 1.72. The van der Waals surface area contributed by atoms with Crippen LogP contribution < -0.4 is 0 Å². The number of hydrogen-bond donors (Lipinski definition) is 0. The zero-order valence-corrected chi connectivity index (χ0v) is 21.4. The van der Waals surface area contributed by atoms with Crippen molar-refractivity contribution in [1.29, 1.82) is 0 Å². The molecule has 2 fully saturated rings. The molecule has 214 valence electrons. The molecule has 4 unspecified atom stereocenters. The van der Waals surface area contributed by atoms with Gasteiger partial charge in [0.25, 0.3) is 0 Å². The van der Waals surface area contributed by atoms with Crippen LogP contribution in [0.5, 0.6) is 0 Å². The highest BCUT2D eigenvalue weighted by atomic mass is 19.4. The zero-order chi connectivity index (χ0) is 28.5. The van der Waals surface area contributed by atoms with E-state index in [1.807, 2.05) is 4.90 Å². The molecule has 2 aromatic rings. The highest BCUT2D eigenvalue weighted by Crippen LogP contribution is 2.41. The van der Waals surface area contributed by atoms with E-state index >= 15 is 0 Å². The maximum Gasteiger partial charge on any atom is 0.416 e. The van der Waals surface area contributed by atoms with Crippen molar-refractivity contribution in [2.24, 2.45) is 5.92 Å². The molecule has 0 bridgehead atoms. The molecule has 12 heteroatoms. The van der Waals surface area contributed by atoms with Crippen LogP contribution in [-0.4, -0.2) is 61.8 Å². The molecule has 2 aromatic carbocycles. The SMILES string of the molecule is CC(OC1OCCC(CN2CCN(C)C(=O)C2)C1c1ccc(F)cc1)c1cc(C(F)(F)F)cc(C(F)(F)F)c1. The highest BCUT2D eigenvalue weighted by Gasteiger charge is 2.41. The lowest BCUT2D eigenvalue weighted by molar-refractivity contribution is -0.210. The van der Waals surface area contributed by atoms with E-state index in [0.29, 0.717) is 43.8 Å². The lowest BCUT2D eigenvalue weighted by atomic mass is 9.81. The summed E-state index contributed by atoms with van der Waals surface area (Å²) in [5.74, 6) is -1.14. The van der Waals surface area contributed by atoms with Crippen molar-refractivity contribution >= 4 is 5.91 Å².